The number of nitrogens with one attached hydrogen (secondary N) is 3. The van der Waals surface area contributed by atoms with E-state index in [-0.39, 0.29) is 17.6 Å². The van der Waals surface area contributed by atoms with Crippen molar-refractivity contribution in [1.82, 2.24) is 25.0 Å². The second kappa shape index (κ2) is 9.34. The molecule has 0 saturated carbocycles. The minimum atomic E-state index is -0.299. The van der Waals surface area contributed by atoms with Gasteiger partial charge in [-0.15, -0.1) is 0 Å². The van der Waals surface area contributed by atoms with Gasteiger partial charge >= 0.3 is 0 Å². The Balaban J connectivity index is 1.42. The molecule has 0 aliphatic carbocycles. The van der Waals surface area contributed by atoms with Crippen molar-refractivity contribution in [3.63, 3.8) is 0 Å². The van der Waals surface area contributed by atoms with Crippen LogP contribution in [0.3, 0.4) is 0 Å². The number of anilines is 1. The number of amides is 1. The molecule has 0 fully saturated rings. The Bertz CT molecular complexity index is 1610. The van der Waals surface area contributed by atoms with Gasteiger partial charge < -0.3 is 15.4 Å². The predicted molar refractivity (Wildman–Crippen MR) is 136 cm³/mol. The zero-order chi connectivity index (χ0) is 25.2. The van der Waals surface area contributed by atoms with Crippen molar-refractivity contribution in [3.05, 3.63) is 88.9 Å². The highest BCUT2D eigenvalue weighted by atomic mass is 16.3. The number of ketones is 1. The van der Waals surface area contributed by atoms with Gasteiger partial charge in [-0.2, -0.15) is 10.2 Å². The van der Waals surface area contributed by atoms with Crippen LogP contribution in [0, 0.1) is 6.92 Å². The summed E-state index contributed by atoms with van der Waals surface area (Å²) in [6.07, 6.45) is 3.09. The minimum Gasteiger partial charge on any atom is -0.494 e. The van der Waals surface area contributed by atoms with Crippen molar-refractivity contribution in [2.45, 2.75) is 20.4 Å². The Hall–Kier alpha value is -4.99. The van der Waals surface area contributed by atoms with E-state index >= 15 is 0 Å². The van der Waals surface area contributed by atoms with Gasteiger partial charge in [0.25, 0.3) is 5.91 Å². The molecule has 0 bridgehead atoms. The second-order valence-corrected chi connectivity index (χ2v) is 8.20. The van der Waals surface area contributed by atoms with Crippen molar-refractivity contribution in [2.75, 3.05) is 5.32 Å². The topological polar surface area (TPSA) is 141 Å². The van der Waals surface area contributed by atoms with Crippen LogP contribution in [-0.4, -0.2) is 48.0 Å². The van der Waals surface area contributed by atoms with E-state index in [0.717, 1.165) is 5.69 Å². The third kappa shape index (κ3) is 4.39. The summed E-state index contributed by atoms with van der Waals surface area (Å²) >= 11 is 0. The second-order valence-electron chi connectivity index (χ2n) is 8.20. The van der Waals surface area contributed by atoms with Crippen LogP contribution in [0.2, 0.25) is 0 Å². The van der Waals surface area contributed by atoms with E-state index in [0.29, 0.717) is 51.3 Å². The lowest BCUT2D eigenvalue weighted by molar-refractivity contribution is 0.101. The van der Waals surface area contributed by atoms with E-state index in [4.69, 9.17) is 0 Å². The van der Waals surface area contributed by atoms with Crippen molar-refractivity contribution in [3.8, 4) is 5.88 Å². The van der Waals surface area contributed by atoms with E-state index in [2.05, 4.69) is 30.6 Å². The van der Waals surface area contributed by atoms with Gasteiger partial charge in [0.05, 0.1) is 17.5 Å². The quantitative estimate of drug-likeness (QED) is 0.202. The number of carbonyl (C=O) groups is 2. The van der Waals surface area contributed by atoms with Gasteiger partial charge in [-0.1, -0.05) is 12.1 Å². The first-order valence-corrected chi connectivity index (χ1v) is 11.3. The number of aromatic nitrogens is 5. The molecule has 10 heteroatoms. The number of carbonyl (C=O) groups excluding carboxylic acids is 2. The van der Waals surface area contributed by atoms with Gasteiger partial charge in [-0.3, -0.25) is 19.4 Å². The zero-order valence-electron chi connectivity index (χ0n) is 19.6. The van der Waals surface area contributed by atoms with Crippen molar-refractivity contribution in [1.29, 1.82) is 0 Å². The Morgan fingerprint density at radius 1 is 1.14 bits per heavy atom. The minimum absolute atomic E-state index is 0.0517. The molecule has 5 aromatic rings. The molecule has 5 rings (SSSR count). The van der Waals surface area contributed by atoms with E-state index in [9.17, 15) is 14.7 Å². The van der Waals surface area contributed by atoms with Crippen LogP contribution in [0.4, 0.5) is 11.5 Å². The summed E-state index contributed by atoms with van der Waals surface area (Å²) in [5.74, 6) is -0.0387. The van der Waals surface area contributed by atoms with Crippen molar-refractivity contribution < 1.29 is 14.7 Å². The standard InChI is InChI=1S/C26H23N7O3/c1-3-33-22(11-15(2)32-33)26(36)29-18-6-4-5-16(12-18)24(34)17-7-8-21-19(13-17)20(25(35)30-21)14-27-23-9-10-28-31-23/h4-14,30,35H,3H2,1-2H3,(H,28,31)(H,29,36)/b27-14+. The maximum Gasteiger partial charge on any atom is 0.273 e. The summed E-state index contributed by atoms with van der Waals surface area (Å²) < 4.78 is 1.63. The van der Waals surface area contributed by atoms with E-state index in [1.807, 2.05) is 13.8 Å². The van der Waals surface area contributed by atoms with E-state index in [1.54, 1.807) is 65.5 Å². The lowest BCUT2D eigenvalue weighted by atomic mass is 10.0. The summed E-state index contributed by atoms with van der Waals surface area (Å²) in [6, 6.07) is 15.3. The fraction of sp³-hybridized carbons (Fsp3) is 0.115. The highest BCUT2D eigenvalue weighted by molar-refractivity contribution is 6.13. The number of hydrogen-bond donors (Lipinski definition) is 4. The summed E-state index contributed by atoms with van der Waals surface area (Å²) in [6.45, 7) is 4.32. The first-order valence-electron chi connectivity index (χ1n) is 11.3. The van der Waals surface area contributed by atoms with Gasteiger partial charge in [0.15, 0.2) is 11.7 Å². The molecule has 2 aromatic carbocycles. The molecular weight excluding hydrogens is 458 g/mol. The maximum atomic E-state index is 13.3. The Kier molecular flexibility index (Phi) is 5.91. The van der Waals surface area contributed by atoms with Gasteiger partial charge in [0.1, 0.15) is 11.5 Å². The number of aryl methyl sites for hydroxylation is 2. The molecule has 0 spiro atoms. The van der Waals surface area contributed by atoms with Crippen LogP contribution in [0.5, 0.6) is 5.88 Å². The largest absolute Gasteiger partial charge is 0.494 e. The number of H-pyrrole nitrogens is 2. The van der Waals surface area contributed by atoms with E-state index < -0.39 is 0 Å². The van der Waals surface area contributed by atoms with Crippen molar-refractivity contribution >= 4 is 40.3 Å². The molecular formula is C26H23N7O3. The summed E-state index contributed by atoms with van der Waals surface area (Å²) in [5.41, 5.74) is 3.68. The number of aromatic amines is 2. The fourth-order valence-electron chi connectivity index (χ4n) is 3.99. The molecule has 3 aromatic heterocycles. The van der Waals surface area contributed by atoms with Gasteiger partial charge in [0, 0.05) is 46.5 Å². The average Bonchev–Trinajstić information content (AvgIpc) is 3.60. The summed E-state index contributed by atoms with van der Waals surface area (Å²) in [7, 11) is 0. The molecule has 0 saturated heterocycles. The Morgan fingerprint density at radius 3 is 2.75 bits per heavy atom. The highest BCUT2D eigenvalue weighted by Gasteiger charge is 2.17. The Morgan fingerprint density at radius 2 is 1.97 bits per heavy atom. The normalized spacial score (nSPS) is 11.4. The molecule has 3 heterocycles. The number of benzene rings is 2. The molecule has 0 aliphatic heterocycles. The van der Waals surface area contributed by atoms with Gasteiger partial charge in [-0.25, -0.2) is 4.99 Å². The number of nitrogens with zero attached hydrogens (tertiary/aromatic N) is 4. The molecule has 180 valence electrons. The molecule has 1 amide bonds. The lowest BCUT2D eigenvalue weighted by Crippen LogP contribution is -2.17. The van der Waals surface area contributed by atoms with Crippen LogP contribution in [0.1, 0.15) is 44.6 Å². The first-order chi connectivity index (χ1) is 17.4. The van der Waals surface area contributed by atoms with Crippen LogP contribution in [-0.2, 0) is 6.54 Å². The molecule has 0 radical (unpaired) electrons. The van der Waals surface area contributed by atoms with Crippen LogP contribution < -0.4 is 5.32 Å². The van der Waals surface area contributed by atoms with Gasteiger partial charge in [0.2, 0.25) is 0 Å². The lowest BCUT2D eigenvalue weighted by Gasteiger charge is -2.08. The maximum absolute atomic E-state index is 13.3. The summed E-state index contributed by atoms with van der Waals surface area (Å²) in [5, 5.41) is 24.7. The number of aromatic hydroxyl groups is 1. The molecule has 10 nitrogen and oxygen atoms in total. The molecule has 0 aliphatic rings. The SMILES string of the molecule is CCn1nc(C)cc1C(=O)Nc1cccc(C(=O)c2ccc3[nH]c(O)c(/C=N/c4ccn[nH]4)c3c2)c1. The van der Waals surface area contributed by atoms with E-state index in [1.165, 1.54) is 6.21 Å². The fourth-order valence-corrected chi connectivity index (χ4v) is 3.99. The van der Waals surface area contributed by atoms with Gasteiger partial charge in [-0.05, 0) is 50.2 Å². The van der Waals surface area contributed by atoms with Crippen LogP contribution in [0.25, 0.3) is 10.9 Å². The number of hydrogen-bond acceptors (Lipinski definition) is 6. The predicted octanol–water partition coefficient (Wildman–Crippen LogP) is 4.36. The third-order valence-electron chi connectivity index (χ3n) is 5.72. The molecule has 4 N–H and O–H groups in total. The van der Waals surface area contributed by atoms with Crippen LogP contribution >= 0.6 is 0 Å². The number of aliphatic imine (C=N–C) groups is 1. The Labute approximate surface area is 205 Å². The highest BCUT2D eigenvalue weighted by Crippen LogP contribution is 2.28. The number of rotatable bonds is 7. The third-order valence-corrected chi connectivity index (χ3v) is 5.72. The summed E-state index contributed by atoms with van der Waals surface area (Å²) in [4.78, 5) is 33.3. The first kappa shape index (κ1) is 22.8. The molecule has 0 unspecified atom stereocenters. The smallest absolute Gasteiger partial charge is 0.273 e. The average molecular weight is 482 g/mol. The van der Waals surface area contributed by atoms with Crippen molar-refractivity contribution in [2.24, 2.45) is 4.99 Å². The molecule has 36 heavy (non-hydrogen) atoms. The van der Waals surface area contributed by atoms with Crippen LogP contribution in [0.15, 0.2) is 65.8 Å². The molecule has 0 atom stereocenters. The monoisotopic (exact) mass is 481 g/mol. The number of fused-ring (bicyclic) bond motifs is 1. The zero-order valence-corrected chi connectivity index (χ0v) is 19.6.